The van der Waals surface area contributed by atoms with Gasteiger partial charge in [-0.15, -0.1) is 0 Å². The van der Waals surface area contributed by atoms with Gasteiger partial charge in [-0.3, -0.25) is 0 Å². The van der Waals surface area contributed by atoms with Crippen LogP contribution in [0.15, 0.2) is 24.3 Å². The van der Waals surface area contributed by atoms with E-state index >= 15 is 0 Å². The van der Waals surface area contributed by atoms with E-state index in [1.165, 1.54) is 18.9 Å². The Labute approximate surface area is 115 Å². The standard InChI is InChI=1S/C16H24FNO/c1-2-11-18-13-16(9-5-6-10-16)19-12-14-7-3-4-8-15(14)17/h3-4,7-8,18H,2,5-6,9-13H2,1H3. The number of benzene rings is 1. The predicted octanol–water partition coefficient (Wildman–Crippen LogP) is 3.65. The molecule has 19 heavy (non-hydrogen) atoms. The third-order valence-electron chi connectivity index (χ3n) is 3.88. The van der Waals surface area contributed by atoms with Crippen LogP contribution in [-0.4, -0.2) is 18.7 Å². The van der Waals surface area contributed by atoms with Crippen LogP contribution in [0.2, 0.25) is 0 Å². The van der Waals surface area contributed by atoms with Crippen LogP contribution in [0, 0.1) is 5.82 Å². The Kier molecular flexibility index (Phi) is 5.34. The van der Waals surface area contributed by atoms with E-state index in [9.17, 15) is 4.39 Å². The van der Waals surface area contributed by atoms with Crippen molar-refractivity contribution in [2.45, 2.75) is 51.2 Å². The van der Waals surface area contributed by atoms with Gasteiger partial charge in [0.05, 0.1) is 12.2 Å². The Bertz CT molecular complexity index is 388. The number of halogens is 1. The van der Waals surface area contributed by atoms with E-state index in [4.69, 9.17) is 4.74 Å². The lowest BCUT2D eigenvalue weighted by Crippen LogP contribution is -2.41. The van der Waals surface area contributed by atoms with Gasteiger partial charge in [-0.1, -0.05) is 38.0 Å². The van der Waals surface area contributed by atoms with E-state index < -0.39 is 0 Å². The fourth-order valence-corrected chi connectivity index (χ4v) is 2.73. The molecule has 0 aromatic heterocycles. The molecule has 0 aliphatic heterocycles. The fourth-order valence-electron chi connectivity index (χ4n) is 2.73. The Morgan fingerprint density at radius 1 is 1.26 bits per heavy atom. The van der Waals surface area contributed by atoms with Crippen LogP contribution in [0.4, 0.5) is 4.39 Å². The van der Waals surface area contributed by atoms with E-state index in [1.54, 1.807) is 12.1 Å². The van der Waals surface area contributed by atoms with Gasteiger partial charge in [0, 0.05) is 12.1 Å². The van der Waals surface area contributed by atoms with Gasteiger partial charge >= 0.3 is 0 Å². The first kappa shape index (κ1) is 14.5. The number of ether oxygens (including phenoxy) is 1. The van der Waals surface area contributed by atoms with Gasteiger partial charge < -0.3 is 10.1 Å². The van der Waals surface area contributed by atoms with Gasteiger partial charge in [0.2, 0.25) is 0 Å². The molecule has 0 atom stereocenters. The average Bonchev–Trinajstić information content (AvgIpc) is 2.88. The molecule has 2 rings (SSSR count). The minimum atomic E-state index is -0.169. The smallest absolute Gasteiger partial charge is 0.128 e. The highest BCUT2D eigenvalue weighted by molar-refractivity contribution is 5.16. The molecule has 0 radical (unpaired) electrons. The lowest BCUT2D eigenvalue weighted by atomic mass is 10.0. The Balaban J connectivity index is 1.92. The zero-order valence-corrected chi connectivity index (χ0v) is 11.8. The maximum atomic E-state index is 13.6. The number of nitrogens with one attached hydrogen (secondary N) is 1. The van der Waals surface area contributed by atoms with Crippen molar-refractivity contribution in [3.63, 3.8) is 0 Å². The summed E-state index contributed by atoms with van der Waals surface area (Å²) in [7, 11) is 0. The summed E-state index contributed by atoms with van der Waals surface area (Å²) in [4.78, 5) is 0. The third-order valence-corrected chi connectivity index (χ3v) is 3.88. The van der Waals surface area contributed by atoms with Gasteiger partial charge in [0.15, 0.2) is 0 Å². The van der Waals surface area contributed by atoms with Crippen LogP contribution >= 0.6 is 0 Å². The van der Waals surface area contributed by atoms with Crippen molar-refractivity contribution in [3.05, 3.63) is 35.6 Å². The fraction of sp³-hybridized carbons (Fsp3) is 0.625. The molecule has 1 saturated carbocycles. The minimum absolute atomic E-state index is 0.0859. The van der Waals surface area contributed by atoms with Gasteiger partial charge in [-0.05, 0) is 31.9 Å². The summed E-state index contributed by atoms with van der Waals surface area (Å²) < 4.78 is 19.7. The summed E-state index contributed by atoms with van der Waals surface area (Å²) in [6.07, 6.45) is 5.72. The normalized spacial score (nSPS) is 17.8. The number of rotatable bonds is 7. The van der Waals surface area contributed by atoms with Gasteiger partial charge in [0.1, 0.15) is 5.82 Å². The summed E-state index contributed by atoms with van der Waals surface area (Å²) in [6, 6.07) is 6.87. The lowest BCUT2D eigenvalue weighted by Gasteiger charge is -2.30. The predicted molar refractivity (Wildman–Crippen MR) is 75.5 cm³/mol. The third kappa shape index (κ3) is 4.02. The Morgan fingerprint density at radius 2 is 2.00 bits per heavy atom. The molecule has 1 aliphatic rings. The molecule has 1 aliphatic carbocycles. The largest absolute Gasteiger partial charge is 0.369 e. The summed E-state index contributed by atoms with van der Waals surface area (Å²) in [5.41, 5.74) is 0.571. The van der Waals surface area contributed by atoms with Crippen molar-refractivity contribution in [3.8, 4) is 0 Å². The van der Waals surface area contributed by atoms with Crippen LogP contribution in [0.3, 0.4) is 0 Å². The summed E-state index contributed by atoms with van der Waals surface area (Å²) in [5.74, 6) is -0.169. The highest BCUT2D eigenvalue weighted by Crippen LogP contribution is 2.33. The average molecular weight is 265 g/mol. The lowest BCUT2D eigenvalue weighted by molar-refractivity contribution is -0.0512. The molecule has 3 heteroatoms. The van der Waals surface area contributed by atoms with Gasteiger partial charge in [-0.25, -0.2) is 4.39 Å². The molecule has 1 N–H and O–H groups in total. The highest BCUT2D eigenvalue weighted by Gasteiger charge is 2.34. The summed E-state index contributed by atoms with van der Waals surface area (Å²) in [5, 5.41) is 3.45. The molecule has 0 spiro atoms. The van der Waals surface area contributed by atoms with Crippen LogP contribution in [0.25, 0.3) is 0 Å². The van der Waals surface area contributed by atoms with Crippen LogP contribution in [-0.2, 0) is 11.3 Å². The molecule has 2 nitrogen and oxygen atoms in total. The first-order chi connectivity index (χ1) is 9.26. The maximum absolute atomic E-state index is 13.6. The summed E-state index contributed by atoms with van der Waals surface area (Å²) in [6.45, 7) is 4.44. The molecule has 1 fully saturated rings. The van der Waals surface area contributed by atoms with E-state index in [2.05, 4.69) is 12.2 Å². The van der Waals surface area contributed by atoms with E-state index in [0.29, 0.717) is 12.2 Å². The van der Waals surface area contributed by atoms with E-state index in [0.717, 1.165) is 32.4 Å². The molecule has 0 heterocycles. The highest BCUT2D eigenvalue weighted by atomic mass is 19.1. The first-order valence-electron chi connectivity index (χ1n) is 7.34. The molecule has 1 aromatic carbocycles. The van der Waals surface area contributed by atoms with E-state index in [-0.39, 0.29) is 11.4 Å². The zero-order chi connectivity index (χ0) is 13.6. The topological polar surface area (TPSA) is 21.3 Å². The molecular weight excluding hydrogens is 241 g/mol. The molecule has 0 unspecified atom stereocenters. The van der Waals surface area contributed by atoms with Crippen LogP contribution in [0.5, 0.6) is 0 Å². The van der Waals surface area contributed by atoms with Crippen molar-refractivity contribution in [1.82, 2.24) is 5.32 Å². The molecular formula is C16H24FNO. The van der Waals surface area contributed by atoms with Crippen molar-refractivity contribution in [2.75, 3.05) is 13.1 Å². The quantitative estimate of drug-likeness (QED) is 0.760. The van der Waals surface area contributed by atoms with Crippen molar-refractivity contribution in [2.24, 2.45) is 0 Å². The maximum Gasteiger partial charge on any atom is 0.128 e. The van der Waals surface area contributed by atoms with Crippen molar-refractivity contribution in [1.29, 1.82) is 0 Å². The number of hydrogen-bond donors (Lipinski definition) is 1. The van der Waals surface area contributed by atoms with E-state index in [1.807, 2.05) is 6.07 Å². The molecule has 1 aromatic rings. The molecule has 106 valence electrons. The second-order valence-corrected chi connectivity index (χ2v) is 5.45. The zero-order valence-electron chi connectivity index (χ0n) is 11.8. The second kappa shape index (κ2) is 7.01. The van der Waals surface area contributed by atoms with Crippen LogP contribution < -0.4 is 5.32 Å². The van der Waals surface area contributed by atoms with Crippen molar-refractivity contribution >= 4 is 0 Å². The Morgan fingerprint density at radius 3 is 2.68 bits per heavy atom. The first-order valence-corrected chi connectivity index (χ1v) is 7.34. The Hall–Kier alpha value is -0.930. The summed E-state index contributed by atoms with van der Waals surface area (Å²) >= 11 is 0. The molecule has 0 bridgehead atoms. The molecule has 0 amide bonds. The van der Waals surface area contributed by atoms with Gasteiger partial charge in [-0.2, -0.15) is 0 Å². The monoisotopic (exact) mass is 265 g/mol. The van der Waals surface area contributed by atoms with Crippen molar-refractivity contribution < 1.29 is 9.13 Å². The number of hydrogen-bond acceptors (Lipinski definition) is 2. The SMILES string of the molecule is CCCNCC1(OCc2ccccc2F)CCCC1. The van der Waals surface area contributed by atoms with Crippen LogP contribution in [0.1, 0.15) is 44.6 Å². The molecule has 0 saturated heterocycles. The second-order valence-electron chi connectivity index (χ2n) is 5.45. The minimum Gasteiger partial charge on any atom is -0.369 e. The van der Waals surface area contributed by atoms with Gasteiger partial charge in [0.25, 0.3) is 0 Å².